The molecule has 3 atom stereocenters. The quantitative estimate of drug-likeness (QED) is 0.611. The van der Waals surface area contributed by atoms with E-state index >= 15 is 0 Å². The SMILES string of the molecule is CCOC(=O)C1C(C)=NC2=C(C(=O)C[C@H](c3ccc(Cl)cc3)C2)[C@@H]1c1ccc(O)c(OC)c1. The average Bonchev–Trinajstić information content (AvgIpc) is 2.79. The molecule has 7 heteroatoms. The van der Waals surface area contributed by atoms with Crippen molar-refractivity contribution >= 4 is 29.1 Å². The van der Waals surface area contributed by atoms with Gasteiger partial charge in [0.25, 0.3) is 0 Å². The van der Waals surface area contributed by atoms with Gasteiger partial charge in [-0.1, -0.05) is 29.8 Å². The molecule has 1 aliphatic heterocycles. The number of phenols is 1. The lowest BCUT2D eigenvalue weighted by molar-refractivity contribution is -0.146. The van der Waals surface area contributed by atoms with Gasteiger partial charge in [0.05, 0.1) is 13.7 Å². The molecule has 2 aliphatic rings. The number of methoxy groups -OCH3 is 1. The summed E-state index contributed by atoms with van der Waals surface area (Å²) in [4.78, 5) is 31.3. The van der Waals surface area contributed by atoms with Gasteiger partial charge in [-0.2, -0.15) is 0 Å². The first kappa shape index (κ1) is 23.1. The molecule has 1 heterocycles. The Balaban J connectivity index is 1.82. The van der Waals surface area contributed by atoms with Crippen LogP contribution in [0.2, 0.25) is 5.02 Å². The van der Waals surface area contributed by atoms with Crippen molar-refractivity contribution < 1.29 is 24.2 Å². The number of Topliss-reactive ketones (excluding diaryl/α,β-unsaturated/α-hetero) is 1. The van der Waals surface area contributed by atoms with Crippen LogP contribution in [0, 0.1) is 5.92 Å². The van der Waals surface area contributed by atoms with Crippen LogP contribution < -0.4 is 4.74 Å². The van der Waals surface area contributed by atoms with Crippen LogP contribution in [0.5, 0.6) is 11.5 Å². The molecule has 6 nitrogen and oxygen atoms in total. The molecule has 4 rings (SSSR count). The highest BCUT2D eigenvalue weighted by Gasteiger charge is 2.44. The van der Waals surface area contributed by atoms with Gasteiger partial charge in [-0.15, -0.1) is 0 Å². The summed E-state index contributed by atoms with van der Waals surface area (Å²) in [5, 5.41) is 10.7. The number of aromatic hydroxyl groups is 1. The van der Waals surface area contributed by atoms with E-state index in [0.717, 1.165) is 5.56 Å². The minimum atomic E-state index is -0.728. The number of carbonyl (C=O) groups is 2. The Labute approximate surface area is 197 Å². The molecule has 1 N–H and O–H groups in total. The van der Waals surface area contributed by atoms with Crippen molar-refractivity contribution in [3.63, 3.8) is 0 Å². The van der Waals surface area contributed by atoms with E-state index in [4.69, 9.17) is 26.1 Å². The van der Waals surface area contributed by atoms with Crippen molar-refractivity contribution in [1.29, 1.82) is 0 Å². The van der Waals surface area contributed by atoms with E-state index in [0.29, 0.717) is 40.4 Å². The number of halogens is 1. The number of aliphatic imine (C=N–C) groups is 1. The van der Waals surface area contributed by atoms with Gasteiger partial charge in [-0.3, -0.25) is 14.6 Å². The lowest BCUT2D eigenvalue weighted by Crippen LogP contribution is -2.38. The Kier molecular flexibility index (Phi) is 6.56. The third-order valence-electron chi connectivity index (χ3n) is 6.33. The minimum absolute atomic E-state index is 0.0119. The monoisotopic (exact) mass is 467 g/mol. The van der Waals surface area contributed by atoms with Crippen LogP contribution in [0.1, 0.15) is 49.7 Å². The fourth-order valence-corrected chi connectivity index (χ4v) is 4.94. The van der Waals surface area contributed by atoms with E-state index in [9.17, 15) is 14.7 Å². The zero-order valence-electron chi connectivity index (χ0n) is 18.8. The first-order valence-electron chi connectivity index (χ1n) is 10.9. The van der Waals surface area contributed by atoms with E-state index in [-0.39, 0.29) is 29.8 Å². The maximum absolute atomic E-state index is 13.5. The number of carbonyl (C=O) groups excluding carboxylic acids is 2. The lowest BCUT2D eigenvalue weighted by Gasteiger charge is -2.36. The average molecular weight is 468 g/mol. The fraction of sp³-hybridized carbons (Fsp3) is 0.346. The number of rotatable bonds is 5. The molecule has 2 aromatic rings. The molecule has 172 valence electrons. The van der Waals surface area contributed by atoms with Crippen LogP contribution in [0.25, 0.3) is 0 Å². The van der Waals surface area contributed by atoms with E-state index < -0.39 is 17.8 Å². The van der Waals surface area contributed by atoms with E-state index in [1.807, 2.05) is 24.3 Å². The normalized spacial score (nSPS) is 22.5. The lowest BCUT2D eigenvalue weighted by atomic mass is 9.69. The Morgan fingerprint density at radius 3 is 2.52 bits per heavy atom. The number of nitrogens with zero attached hydrogens (tertiary/aromatic N) is 1. The Bertz CT molecular complexity index is 1150. The number of allylic oxidation sites excluding steroid dienone is 2. The molecule has 0 saturated carbocycles. The van der Waals surface area contributed by atoms with Crippen molar-refractivity contribution in [2.45, 2.75) is 38.5 Å². The molecule has 2 aromatic carbocycles. The smallest absolute Gasteiger partial charge is 0.315 e. The van der Waals surface area contributed by atoms with Crippen molar-refractivity contribution in [2.24, 2.45) is 10.9 Å². The molecule has 0 spiro atoms. The Morgan fingerprint density at radius 1 is 1.15 bits per heavy atom. The van der Waals surface area contributed by atoms with Crippen LogP contribution in [-0.2, 0) is 14.3 Å². The molecule has 0 aromatic heterocycles. The van der Waals surface area contributed by atoms with Gasteiger partial charge in [-0.25, -0.2) is 0 Å². The van der Waals surface area contributed by atoms with Crippen molar-refractivity contribution in [3.8, 4) is 11.5 Å². The summed E-state index contributed by atoms with van der Waals surface area (Å²) in [6.45, 7) is 3.78. The second kappa shape index (κ2) is 9.40. The topological polar surface area (TPSA) is 85.2 Å². The third-order valence-corrected chi connectivity index (χ3v) is 6.59. The van der Waals surface area contributed by atoms with Crippen molar-refractivity contribution in [3.05, 3.63) is 69.9 Å². The highest BCUT2D eigenvalue weighted by atomic mass is 35.5. The molecule has 0 fully saturated rings. The summed E-state index contributed by atoms with van der Waals surface area (Å²) in [7, 11) is 1.46. The largest absolute Gasteiger partial charge is 0.504 e. The Morgan fingerprint density at radius 2 is 1.85 bits per heavy atom. The summed E-state index contributed by atoms with van der Waals surface area (Å²) in [5.41, 5.74) is 3.57. The van der Waals surface area contributed by atoms with Crippen LogP contribution >= 0.6 is 11.6 Å². The number of benzene rings is 2. The standard InChI is InChI=1S/C26H26ClNO5/c1-4-33-26(31)23-14(2)28-19-11-17(15-5-8-18(27)9-6-15)12-21(30)25(19)24(23)16-7-10-20(29)22(13-16)32-3/h5-10,13,17,23-24,29H,4,11-12H2,1-3H3/t17-,23?,24-/m1/s1. The fourth-order valence-electron chi connectivity index (χ4n) is 4.82. The molecule has 1 unspecified atom stereocenters. The van der Waals surface area contributed by atoms with Gasteiger partial charge < -0.3 is 14.6 Å². The molecular weight excluding hydrogens is 442 g/mol. The third kappa shape index (κ3) is 4.40. The first-order valence-corrected chi connectivity index (χ1v) is 11.3. The minimum Gasteiger partial charge on any atom is -0.504 e. The highest BCUT2D eigenvalue weighted by molar-refractivity contribution is 6.30. The van der Waals surface area contributed by atoms with Gasteiger partial charge in [-0.05, 0) is 61.6 Å². The molecule has 0 radical (unpaired) electrons. The zero-order chi connectivity index (χ0) is 23.7. The summed E-state index contributed by atoms with van der Waals surface area (Å²) < 4.78 is 10.6. The summed E-state index contributed by atoms with van der Waals surface area (Å²) in [6.07, 6.45) is 0.900. The number of phenolic OH excluding ortho intramolecular Hbond substituents is 1. The van der Waals surface area contributed by atoms with Gasteiger partial charge in [0.1, 0.15) is 5.92 Å². The van der Waals surface area contributed by atoms with Crippen LogP contribution in [0.3, 0.4) is 0 Å². The van der Waals surface area contributed by atoms with Gasteiger partial charge in [0, 0.05) is 34.3 Å². The van der Waals surface area contributed by atoms with E-state index in [1.165, 1.54) is 13.2 Å². The number of hydrogen-bond acceptors (Lipinski definition) is 6. The summed E-state index contributed by atoms with van der Waals surface area (Å²) >= 11 is 6.03. The number of esters is 1. The van der Waals surface area contributed by atoms with Crippen LogP contribution in [-0.4, -0.2) is 36.3 Å². The predicted octanol–water partition coefficient (Wildman–Crippen LogP) is 5.19. The molecule has 0 bridgehead atoms. The van der Waals surface area contributed by atoms with Gasteiger partial charge in [0.15, 0.2) is 17.3 Å². The first-order chi connectivity index (χ1) is 15.8. The second-order valence-electron chi connectivity index (χ2n) is 8.33. The number of hydrogen-bond donors (Lipinski definition) is 1. The highest BCUT2D eigenvalue weighted by Crippen LogP contribution is 2.47. The maximum Gasteiger partial charge on any atom is 0.315 e. The van der Waals surface area contributed by atoms with Crippen molar-refractivity contribution in [1.82, 2.24) is 0 Å². The summed E-state index contributed by atoms with van der Waals surface area (Å²) in [5.74, 6) is -1.51. The Hall–Kier alpha value is -3.12. The molecule has 1 aliphatic carbocycles. The van der Waals surface area contributed by atoms with Gasteiger partial charge in [0.2, 0.25) is 0 Å². The molecular formula is C26H26ClNO5. The van der Waals surface area contributed by atoms with Crippen molar-refractivity contribution in [2.75, 3.05) is 13.7 Å². The van der Waals surface area contributed by atoms with E-state index in [1.54, 1.807) is 26.0 Å². The van der Waals surface area contributed by atoms with Crippen LogP contribution in [0.4, 0.5) is 0 Å². The number of ether oxygens (including phenoxy) is 2. The van der Waals surface area contributed by atoms with Gasteiger partial charge >= 0.3 is 5.97 Å². The predicted molar refractivity (Wildman–Crippen MR) is 126 cm³/mol. The zero-order valence-corrected chi connectivity index (χ0v) is 19.6. The maximum atomic E-state index is 13.5. The second-order valence-corrected chi connectivity index (χ2v) is 8.77. The molecule has 0 amide bonds. The van der Waals surface area contributed by atoms with Crippen LogP contribution in [0.15, 0.2) is 58.7 Å². The summed E-state index contributed by atoms with van der Waals surface area (Å²) in [6, 6.07) is 12.4. The molecule has 33 heavy (non-hydrogen) atoms. The number of ketones is 1. The van der Waals surface area contributed by atoms with E-state index in [2.05, 4.69) is 0 Å². The molecule has 0 saturated heterocycles.